The molecule has 1 aromatic carbocycles. The van der Waals surface area contributed by atoms with Crippen LogP contribution in [0.5, 0.6) is 0 Å². The minimum Gasteiger partial charge on any atom is -0.389 e. The molecule has 0 amide bonds. The fraction of sp³-hybridized carbons (Fsp3) is 0.273. The van der Waals surface area contributed by atoms with Crippen molar-refractivity contribution in [2.45, 2.75) is 23.1 Å². The Kier molecular flexibility index (Phi) is 3.71. The van der Waals surface area contributed by atoms with Gasteiger partial charge in [0.25, 0.3) is 0 Å². The second kappa shape index (κ2) is 5.08. The third kappa shape index (κ3) is 2.80. The lowest BCUT2D eigenvalue weighted by Gasteiger charge is -2.08. The molecule has 2 rings (SSSR count). The highest BCUT2D eigenvalue weighted by molar-refractivity contribution is 7.99. The molecule has 17 heavy (non-hydrogen) atoms. The molecule has 90 valence electrons. The molecule has 0 bridgehead atoms. The third-order valence-corrected chi connectivity index (χ3v) is 3.86. The van der Waals surface area contributed by atoms with E-state index >= 15 is 0 Å². The Morgan fingerprint density at radius 3 is 2.76 bits per heavy atom. The summed E-state index contributed by atoms with van der Waals surface area (Å²) in [6, 6.07) is 5.50. The quantitative estimate of drug-likeness (QED) is 0.931. The summed E-state index contributed by atoms with van der Waals surface area (Å²) in [5, 5.41) is 14.8. The molecule has 0 aliphatic heterocycles. The zero-order valence-electron chi connectivity index (χ0n) is 9.46. The molecule has 0 aliphatic carbocycles. The number of nitrogens with zero attached hydrogens (tertiary/aromatic N) is 3. The molecule has 0 radical (unpaired) electrons. The van der Waals surface area contributed by atoms with Crippen molar-refractivity contribution in [1.29, 1.82) is 0 Å². The molecule has 0 saturated heterocycles. The van der Waals surface area contributed by atoms with Gasteiger partial charge in [-0.25, -0.2) is 9.67 Å². The van der Waals surface area contributed by atoms with Gasteiger partial charge in [-0.15, -0.1) is 0 Å². The Morgan fingerprint density at radius 2 is 2.24 bits per heavy atom. The number of rotatable bonds is 3. The first kappa shape index (κ1) is 12.4. The van der Waals surface area contributed by atoms with Gasteiger partial charge in [-0.1, -0.05) is 17.7 Å². The molecule has 0 saturated carbocycles. The van der Waals surface area contributed by atoms with Gasteiger partial charge in [0.1, 0.15) is 6.33 Å². The average molecular weight is 270 g/mol. The largest absolute Gasteiger partial charge is 0.389 e. The van der Waals surface area contributed by atoms with Crippen LogP contribution in [0, 0.1) is 0 Å². The Balaban J connectivity index is 2.26. The van der Waals surface area contributed by atoms with Crippen LogP contribution in [0.15, 0.2) is 34.6 Å². The number of halogens is 1. The standard InChI is InChI=1S/C11H12ClN3OS/c1-7(16)8-3-4-10(9(12)5-8)17-11-13-6-14-15(11)2/h3-7,16H,1-2H3/t7-/m0/s1. The highest BCUT2D eigenvalue weighted by Gasteiger charge is 2.09. The highest BCUT2D eigenvalue weighted by atomic mass is 35.5. The van der Waals surface area contributed by atoms with Crippen LogP contribution >= 0.6 is 23.4 Å². The van der Waals surface area contributed by atoms with Gasteiger partial charge in [0.2, 0.25) is 0 Å². The van der Waals surface area contributed by atoms with E-state index < -0.39 is 6.10 Å². The van der Waals surface area contributed by atoms with Crippen LogP contribution in [0.2, 0.25) is 5.02 Å². The van der Waals surface area contributed by atoms with Crippen molar-refractivity contribution in [3.05, 3.63) is 35.1 Å². The molecule has 1 aromatic heterocycles. The molecular weight excluding hydrogens is 258 g/mol. The summed E-state index contributed by atoms with van der Waals surface area (Å²) in [7, 11) is 1.83. The number of hydrogen-bond acceptors (Lipinski definition) is 4. The first-order chi connectivity index (χ1) is 8.08. The molecule has 0 fully saturated rings. The van der Waals surface area contributed by atoms with E-state index in [2.05, 4.69) is 10.1 Å². The maximum absolute atomic E-state index is 9.45. The number of hydrogen-bond donors (Lipinski definition) is 1. The molecule has 0 spiro atoms. The summed E-state index contributed by atoms with van der Waals surface area (Å²) in [5.41, 5.74) is 0.803. The summed E-state index contributed by atoms with van der Waals surface area (Å²) in [6.07, 6.45) is 0.988. The predicted molar refractivity (Wildman–Crippen MR) is 67.2 cm³/mol. The van der Waals surface area contributed by atoms with Crippen molar-refractivity contribution >= 4 is 23.4 Å². The SMILES string of the molecule is C[C@H](O)c1ccc(Sc2ncnn2C)c(Cl)c1. The van der Waals surface area contributed by atoms with E-state index in [1.807, 2.05) is 19.2 Å². The predicted octanol–water partition coefficient (Wildman–Crippen LogP) is 2.67. The average Bonchev–Trinajstić information content (AvgIpc) is 2.67. The van der Waals surface area contributed by atoms with Crippen molar-refractivity contribution in [3.8, 4) is 0 Å². The normalized spacial score (nSPS) is 12.7. The topological polar surface area (TPSA) is 50.9 Å². The maximum atomic E-state index is 9.45. The molecule has 1 heterocycles. The maximum Gasteiger partial charge on any atom is 0.190 e. The van der Waals surface area contributed by atoms with Crippen LogP contribution in [-0.4, -0.2) is 19.9 Å². The Hall–Kier alpha value is -1.04. The van der Waals surface area contributed by atoms with Gasteiger partial charge < -0.3 is 5.11 Å². The van der Waals surface area contributed by atoms with E-state index in [4.69, 9.17) is 11.6 Å². The molecular formula is C11H12ClN3OS. The Bertz CT molecular complexity index is 527. The van der Waals surface area contributed by atoms with Crippen molar-refractivity contribution in [2.24, 2.45) is 7.05 Å². The number of aliphatic hydroxyl groups excluding tert-OH is 1. The fourth-order valence-corrected chi connectivity index (χ4v) is 2.41. The monoisotopic (exact) mass is 269 g/mol. The zero-order chi connectivity index (χ0) is 12.4. The lowest BCUT2D eigenvalue weighted by molar-refractivity contribution is 0.199. The van der Waals surface area contributed by atoms with E-state index in [0.717, 1.165) is 15.6 Å². The number of aliphatic hydroxyl groups is 1. The van der Waals surface area contributed by atoms with E-state index in [-0.39, 0.29) is 0 Å². The molecule has 4 nitrogen and oxygen atoms in total. The van der Waals surface area contributed by atoms with Crippen molar-refractivity contribution in [1.82, 2.24) is 14.8 Å². The summed E-state index contributed by atoms with van der Waals surface area (Å²) in [6.45, 7) is 1.71. The van der Waals surface area contributed by atoms with Crippen LogP contribution in [0.3, 0.4) is 0 Å². The first-order valence-electron chi connectivity index (χ1n) is 5.07. The molecule has 0 aliphatic rings. The summed E-state index contributed by atoms with van der Waals surface area (Å²) in [5.74, 6) is 0. The van der Waals surface area contributed by atoms with Gasteiger partial charge in [0.15, 0.2) is 5.16 Å². The van der Waals surface area contributed by atoms with E-state index in [0.29, 0.717) is 5.02 Å². The molecule has 1 atom stereocenters. The van der Waals surface area contributed by atoms with Crippen LogP contribution in [0.25, 0.3) is 0 Å². The molecule has 6 heteroatoms. The number of aryl methyl sites for hydroxylation is 1. The highest BCUT2D eigenvalue weighted by Crippen LogP contribution is 2.33. The lowest BCUT2D eigenvalue weighted by Crippen LogP contribution is -1.94. The molecule has 2 aromatic rings. The number of aromatic nitrogens is 3. The second-order valence-electron chi connectivity index (χ2n) is 3.63. The van der Waals surface area contributed by atoms with Crippen molar-refractivity contribution in [3.63, 3.8) is 0 Å². The zero-order valence-corrected chi connectivity index (χ0v) is 11.0. The van der Waals surface area contributed by atoms with Gasteiger partial charge >= 0.3 is 0 Å². The summed E-state index contributed by atoms with van der Waals surface area (Å²) >= 11 is 7.60. The molecule has 0 unspecified atom stereocenters. The smallest absolute Gasteiger partial charge is 0.190 e. The van der Waals surface area contributed by atoms with Gasteiger partial charge in [0, 0.05) is 11.9 Å². The molecule has 1 N–H and O–H groups in total. The number of benzene rings is 1. The van der Waals surface area contributed by atoms with Gasteiger partial charge in [-0.3, -0.25) is 0 Å². The van der Waals surface area contributed by atoms with Gasteiger partial charge in [-0.05, 0) is 36.4 Å². The van der Waals surface area contributed by atoms with E-state index in [9.17, 15) is 5.11 Å². The Labute approximate surface area is 109 Å². The third-order valence-electron chi connectivity index (χ3n) is 2.31. The minimum atomic E-state index is -0.513. The minimum absolute atomic E-state index is 0.513. The second-order valence-corrected chi connectivity index (χ2v) is 5.05. The van der Waals surface area contributed by atoms with Crippen LogP contribution in [0.4, 0.5) is 0 Å². The summed E-state index contributed by atoms with van der Waals surface area (Å²) < 4.78 is 1.68. The van der Waals surface area contributed by atoms with Crippen LogP contribution in [-0.2, 0) is 7.05 Å². The van der Waals surface area contributed by atoms with Gasteiger partial charge in [-0.2, -0.15) is 5.10 Å². The van der Waals surface area contributed by atoms with E-state index in [1.165, 1.54) is 18.1 Å². The lowest BCUT2D eigenvalue weighted by atomic mass is 10.1. The van der Waals surface area contributed by atoms with E-state index in [1.54, 1.807) is 17.7 Å². The van der Waals surface area contributed by atoms with Crippen molar-refractivity contribution in [2.75, 3.05) is 0 Å². The fourth-order valence-electron chi connectivity index (χ4n) is 1.34. The summed E-state index contributed by atoms with van der Waals surface area (Å²) in [4.78, 5) is 5.01. The van der Waals surface area contributed by atoms with Gasteiger partial charge in [0.05, 0.1) is 11.1 Å². The Morgan fingerprint density at radius 1 is 1.47 bits per heavy atom. The van der Waals surface area contributed by atoms with Crippen LogP contribution in [0.1, 0.15) is 18.6 Å². The van der Waals surface area contributed by atoms with Crippen LogP contribution < -0.4 is 0 Å². The van der Waals surface area contributed by atoms with Crippen molar-refractivity contribution < 1.29 is 5.11 Å². The first-order valence-corrected chi connectivity index (χ1v) is 6.26.